The van der Waals surface area contributed by atoms with Crippen molar-refractivity contribution in [3.63, 3.8) is 0 Å². The summed E-state index contributed by atoms with van der Waals surface area (Å²) in [6, 6.07) is 11.7. The lowest BCUT2D eigenvalue weighted by molar-refractivity contribution is 0.0977. The van der Waals surface area contributed by atoms with E-state index in [1.807, 2.05) is 0 Å². The highest BCUT2D eigenvalue weighted by atomic mass is 35.5. The van der Waals surface area contributed by atoms with E-state index in [0.29, 0.717) is 16.5 Å². The van der Waals surface area contributed by atoms with Gasteiger partial charge in [-0.15, -0.1) is 0 Å². The molecule has 37 heavy (non-hydrogen) atoms. The highest BCUT2D eigenvalue weighted by molar-refractivity contribution is 7.92. The molecule has 0 aliphatic carbocycles. The van der Waals surface area contributed by atoms with Crippen LogP contribution in [0.5, 0.6) is 17.2 Å². The highest BCUT2D eigenvalue weighted by Crippen LogP contribution is 2.38. The molecule has 3 aromatic rings. The molecule has 1 amide bonds. The molecule has 3 rings (SSSR count). The molecule has 3 aromatic carbocycles. The van der Waals surface area contributed by atoms with E-state index in [2.05, 4.69) is 15.4 Å². The van der Waals surface area contributed by atoms with Crippen molar-refractivity contribution in [1.29, 1.82) is 0 Å². The summed E-state index contributed by atoms with van der Waals surface area (Å²) in [7, 11) is 0.318. The molecular weight excluding hydrogens is 561 g/mol. The minimum absolute atomic E-state index is 0.0881. The van der Waals surface area contributed by atoms with Crippen molar-refractivity contribution in [1.82, 2.24) is 5.32 Å². The predicted octanol–water partition coefficient (Wildman–Crippen LogP) is 5.26. The standard InChI is InChI=1S/C24H23Cl2N3O6S2/c1-13-5-6-15(11-18(13)26)29-37(31,32)16-7-8-17(25)19(12-16)27-24(36)28-23(30)14-9-20(33-2)22(35-4)21(10-14)34-3/h5-12,29H,1-4H3,(H2,27,28,30,36). The van der Waals surface area contributed by atoms with Gasteiger partial charge in [-0.05, 0) is 67.2 Å². The van der Waals surface area contributed by atoms with Crippen LogP contribution in [-0.2, 0) is 10.0 Å². The molecule has 0 spiro atoms. The average Bonchev–Trinajstić information content (AvgIpc) is 2.86. The van der Waals surface area contributed by atoms with Gasteiger partial charge in [0, 0.05) is 10.6 Å². The van der Waals surface area contributed by atoms with E-state index in [1.165, 1.54) is 57.7 Å². The number of carbonyl (C=O) groups is 1. The molecule has 3 N–H and O–H groups in total. The maximum atomic E-state index is 12.9. The van der Waals surface area contributed by atoms with Crippen LogP contribution in [0.4, 0.5) is 11.4 Å². The average molecular weight is 585 g/mol. The summed E-state index contributed by atoms with van der Waals surface area (Å²) in [4.78, 5) is 12.7. The molecule has 0 radical (unpaired) electrons. The van der Waals surface area contributed by atoms with Gasteiger partial charge < -0.3 is 19.5 Å². The molecule has 13 heteroatoms. The monoisotopic (exact) mass is 583 g/mol. The smallest absolute Gasteiger partial charge is 0.261 e. The molecule has 0 saturated heterocycles. The summed E-state index contributed by atoms with van der Waals surface area (Å²) in [5, 5.41) is 5.75. The van der Waals surface area contributed by atoms with Gasteiger partial charge in [0.1, 0.15) is 0 Å². The van der Waals surface area contributed by atoms with E-state index in [-0.39, 0.29) is 37.8 Å². The van der Waals surface area contributed by atoms with Crippen molar-refractivity contribution in [3.8, 4) is 17.2 Å². The van der Waals surface area contributed by atoms with E-state index in [4.69, 9.17) is 49.6 Å². The molecule has 0 fully saturated rings. The van der Waals surface area contributed by atoms with Gasteiger partial charge in [0.05, 0.1) is 42.6 Å². The summed E-state index contributed by atoms with van der Waals surface area (Å²) >= 11 is 17.6. The molecule has 0 aliphatic heterocycles. The van der Waals surface area contributed by atoms with Gasteiger partial charge in [-0.2, -0.15) is 0 Å². The zero-order valence-corrected chi connectivity index (χ0v) is 23.3. The summed E-state index contributed by atoms with van der Waals surface area (Å²) in [6.07, 6.45) is 0. The van der Waals surface area contributed by atoms with Crippen LogP contribution in [0.1, 0.15) is 15.9 Å². The van der Waals surface area contributed by atoms with Crippen molar-refractivity contribution < 1.29 is 27.4 Å². The molecule has 9 nitrogen and oxygen atoms in total. The van der Waals surface area contributed by atoms with Crippen LogP contribution in [-0.4, -0.2) is 40.8 Å². The normalized spacial score (nSPS) is 10.9. The fourth-order valence-electron chi connectivity index (χ4n) is 3.18. The minimum atomic E-state index is -3.98. The van der Waals surface area contributed by atoms with Crippen LogP contribution in [0.25, 0.3) is 0 Å². The lowest BCUT2D eigenvalue weighted by atomic mass is 10.1. The summed E-state index contributed by atoms with van der Waals surface area (Å²) < 4.78 is 44.1. The fraction of sp³-hybridized carbons (Fsp3) is 0.167. The van der Waals surface area contributed by atoms with E-state index in [0.717, 1.165) is 5.56 Å². The van der Waals surface area contributed by atoms with Crippen LogP contribution in [0.2, 0.25) is 10.0 Å². The molecule has 0 saturated carbocycles. The number of carbonyl (C=O) groups excluding carboxylic acids is 1. The zero-order chi connectivity index (χ0) is 27.3. The summed E-state index contributed by atoms with van der Waals surface area (Å²) in [6.45, 7) is 1.81. The van der Waals surface area contributed by atoms with Gasteiger partial charge in [-0.3, -0.25) is 14.8 Å². The summed E-state index contributed by atoms with van der Waals surface area (Å²) in [5.74, 6) is 0.325. The lowest BCUT2D eigenvalue weighted by Gasteiger charge is -2.15. The molecule has 0 unspecified atom stereocenters. The van der Waals surface area contributed by atoms with Crippen molar-refractivity contribution in [3.05, 3.63) is 69.7 Å². The van der Waals surface area contributed by atoms with E-state index >= 15 is 0 Å². The van der Waals surface area contributed by atoms with Gasteiger partial charge in [0.2, 0.25) is 5.75 Å². The number of hydrogen-bond donors (Lipinski definition) is 3. The SMILES string of the molecule is COc1cc(C(=O)NC(=S)Nc2cc(S(=O)(=O)Nc3ccc(C)c(Cl)c3)ccc2Cl)cc(OC)c1OC. The first-order chi connectivity index (χ1) is 17.5. The maximum Gasteiger partial charge on any atom is 0.261 e. The van der Waals surface area contributed by atoms with Crippen LogP contribution < -0.4 is 29.6 Å². The minimum Gasteiger partial charge on any atom is -0.493 e. The number of rotatable bonds is 8. The number of thiocarbonyl (C=S) groups is 1. The second-order valence-corrected chi connectivity index (χ2v) is 10.4. The van der Waals surface area contributed by atoms with E-state index in [9.17, 15) is 13.2 Å². The molecule has 196 valence electrons. The zero-order valence-electron chi connectivity index (χ0n) is 20.1. The number of anilines is 2. The third kappa shape index (κ3) is 6.75. The summed E-state index contributed by atoms with van der Waals surface area (Å²) in [5.41, 5.74) is 1.46. The van der Waals surface area contributed by atoms with Crippen molar-refractivity contribution >= 4 is 67.8 Å². The second-order valence-electron chi connectivity index (χ2n) is 7.53. The van der Waals surface area contributed by atoms with Crippen LogP contribution in [0.3, 0.4) is 0 Å². The quantitative estimate of drug-likeness (QED) is 0.308. The van der Waals surface area contributed by atoms with Gasteiger partial charge in [0.15, 0.2) is 16.6 Å². The number of ether oxygens (including phenoxy) is 3. The van der Waals surface area contributed by atoms with Crippen molar-refractivity contribution in [2.75, 3.05) is 31.4 Å². The Balaban J connectivity index is 1.78. The molecule has 0 bridgehead atoms. The second kappa shape index (κ2) is 11.9. The van der Waals surface area contributed by atoms with Gasteiger partial charge in [0.25, 0.3) is 15.9 Å². The Bertz CT molecular complexity index is 1440. The largest absolute Gasteiger partial charge is 0.493 e. The Hall–Kier alpha value is -3.25. The number of benzene rings is 3. The number of amides is 1. The number of hydrogen-bond acceptors (Lipinski definition) is 7. The van der Waals surface area contributed by atoms with Gasteiger partial charge in [-0.1, -0.05) is 29.3 Å². The number of nitrogens with one attached hydrogen (secondary N) is 3. The third-order valence-corrected chi connectivity index (χ3v) is 7.39. The Morgan fingerprint density at radius 2 is 1.54 bits per heavy atom. The predicted molar refractivity (Wildman–Crippen MR) is 148 cm³/mol. The Morgan fingerprint density at radius 3 is 2.11 bits per heavy atom. The first-order valence-corrected chi connectivity index (χ1v) is 13.1. The van der Waals surface area contributed by atoms with Crippen LogP contribution >= 0.6 is 35.4 Å². The molecule has 0 aromatic heterocycles. The fourth-order valence-corrected chi connectivity index (χ4v) is 4.80. The third-order valence-electron chi connectivity index (χ3n) is 5.07. The molecule has 0 aliphatic rings. The van der Waals surface area contributed by atoms with E-state index in [1.54, 1.807) is 19.1 Å². The van der Waals surface area contributed by atoms with Gasteiger partial charge >= 0.3 is 0 Å². The van der Waals surface area contributed by atoms with Gasteiger partial charge in [-0.25, -0.2) is 8.42 Å². The number of methoxy groups -OCH3 is 3. The van der Waals surface area contributed by atoms with Crippen LogP contribution in [0, 0.1) is 6.92 Å². The molecule has 0 heterocycles. The number of aryl methyl sites for hydroxylation is 1. The first kappa shape index (κ1) is 28.3. The Morgan fingerprint density at radius 1 is 0.892 bits per heavy atom. The Labute approximate surface area is 230 Å². The van der Waals surface area contributed by atoms with Crippen molar-refractivity contribution in [2.45, 2.75) is 11.8 Å². The van der Waals surface area contributed by atoms with Crippen LogP contribution in [0.15, 0.2) is 53.4 Å². The number of halogens is 2. The highest BCUT2D eigenvalue weighted by Gasteiger charge is 2.20. The lowest BCUT2D eigenvalue weighted by Crippen LogP contribution is -2.34. The molecular formula is C24H23Cl2N3O6S2. The Kier molecular flexibility index (Phi) is 9.08. The maximum absolute atomic E-state index is 12.9. The number of sulfonamides is 1. The first-order valence-electron chi connectivity index (χ1n) is 10.5. The van der Waals surface area contributed by atoms with Crippen molar-refractivity contribution in [2.24, 2.45) is 0 Å². The molecule has 0 atom stereocenters. The van der Waals surface area contributed by atoms with E-state index < -0.39 is 15.9 Å². The topological polar surface area (TPSA) is 115 Å².